The van der Waals surface area contributed by atoms with Crippen molar-refractivity contribution in [1.82, 2.24) is 9.21 Å². The number of methoxy groups -OCH3 is 1. The van der Waals surface area contributed by atoms with Crippen LogP contribution in [0.25, 0.3) is 0 Å². The lowest BCUT2D eigenvalue weighted by atomic mass is 10.0. The average Bonchev–Trinajstić information content (AvgIpc) is 2.77. The van der Waals surface area contributed by atoms with Gasteiger partial charge in [0.1, 0.15) is 0 Å². The van der Waals surface area contributed by atoms with Gasteiger partial charge in [-0.05, 0) is 23.3 Å². The Morgan fingerprint density at radius 2 is 1.83 bits per heavy atom. The highest BCUT2D eigenvalue weighted by molar-refractivity contribution is 7.76. The molecule has 0 amide bonds. The van der Waals surface area contributed by atoms with Gasteiger partial charge in [0.15, 0.2) is 0 Å². The van der Waals surface area contributed by atoms with Crippen molar-refractivity contribution in [2.24, 2.45) is 0 Å². The lowest BCUT2D eigenvalue weighted by Crippen LogP contribution is -2.44. The third kappa shape index (κ3) is 5.94. The zero-order valence-electron chi connectivity index (χ0n) is 16.4. The zero-order valence-corrected chi connectivity index (χ0v) is 17.2. The van der Waals surface area contributed by atoms with E-state index in [1.54, 1.807) is 24.3 Å². The molecule has 1 saturated heterocycles. The Balaban J connectivity index is 1.77. The standard InChI is InChI=1S/C21H26N2O5S/c1-27-21(24)19-9-7-17(8-10-19)15-23(29(25)26)16-20(18-5-3-2-4-6-18)22-11-13-28-14-12-22/h2-10,20H,11-16H2,1H3,(H,25,26). The fourth-order valence-corrected chi connectivity index (χ4v) is 3.97. The lowest BCUT2D eigenvalue weighted by molar-refractivity contribution is 0.0120. The molecule has 0 spiro atoms. The lowest BCUT2D eigenvalue weighted by Gasteiger charge is -2.36. The second-order valence-electron chi connectivity index (χ2n) is 6.82. The first-order valence-corrected chi connectivity index (χ1v) is 10.5. The topological polar surface area (TPSA) is 79.3 Å². The van der Waals surface area contributed by atoms with E-state index < -0.39 is 17.2 Å². The molecule has 1 N–H and O–H groups in total. The minimum Gasteiger partial charge on any atom is -0.465 e. The second-order valence-corrected chi connectivity index (χ2v) is 7.79. The summed E-state index contributed by atoms with van der Waals surface area (Å²) in [6.45, 7) is 3.55. The third-order valence-corrected chi connectivity index (χ3v) is 5.72. The first-order chi connectivity index (χ1) is 14.1. The van der Waals surface area contributed by atoms with E-state index in [-0.39, 0.29) is 12.6 Å². The molecule has 2 unspecified atom stereocenters. The number of nitrogens with zero attached hydrogens (tertiary/aromatic N) is 2. The van der Waals surface area contributed by atoms with E-state index in [2.05, 4.69) is 4.90 Å². The molecule has 2 aromatic carbocycles. The molecule has 0 aromatic heterocycles. The van der Waals surface area contributed by atoms with Crippen LogP contribution in [-0.4, -0.2) is 63.9 Å². The molecule has 7 nitrogen and oxygen atoms in total. The molecule has 1 heterocycles. The van der Waals surface area contributed by atoms with Crippen molar-refractivity contribution >= 4 is 17.2 Å². The molecule has 0 aliphatic carbocycles. The first-order valence-electron chi connectivity index (χ1n) is 9.48. The molecule has 2 aromatic rings. The van der Waals surface area contributed by atoms with E-state index >= 15 is 0 Å². The van der Waals surface area contributed by atoms with Crippen molar-refractivity contribution in [2.45, 2.75) is 12.6 Å². The molecule has 3 rings (SSSR count). The summed E-state index contributed by atoms with van der Waals surface area (Å²) >= 11 is -2.13. The molecule has 1 aliphatic rings. The molecular weight excluding hydrogens is 392 g/mol. The molecule has 29 heavy (non-hydrogen) atoms. The maximum absolute atomic E-state index is 12.1. The highest BCUT2D eigenvalue weighted by Crippen LogP contribution is 2.24. The Kier molecular flexibility index (Phi) is 7.91. The van der Waals surface area contributed by atoms with E-state index in [0.29, 0.717) is 25.3 Å². The minimum absolute atomic E-state index is 0.0226. The number of esters is 1. The number of hydrogen-bond acceptors (Lipinski definition) is 5. The first kappa shape index (κ1) is 21.6. The maximum atomic E-state index is 12.1. The summed E-state index contributed by atoms with van der Waals surface area (Å²) in [6, 6.07) is 16.9. The Morgan fingerprint density at radius 1 is 1.17 bits per heavy atom. The van der Waals surface area contributed by atoms with Gasteiger partial charge in [-0.2, -0.15) is 4.31 Å². The van der Waals surface area contributed by atoms with Gasteiger partial charge in [0.25, 0.3) is 0 Å². The Bertz CT molecular complexity index is 810. The highest BCUT2D eigenvalue weighted by atomic mass is 32.2. The van der Waals surface area contributed by atoms with Crippen LogP contribution < -0.4 is 0 Å². The van der Waals surface area contributed by atoms with Gasteiger partial charge >= 0.3 is 5.97 Å². The van der Waals surface area contributed by atoms with Gasteiger partial charge in [-0.1, -0.05) is 42.5 Å². The third-order valence-electron chi connectivity index (χ3n) is 5.00. The largest absolute Gasteiger partial charge is 0.465 e. The number of rotatable bonds is 8. The number of carbonyl (C=O) groups excluding carboxylic acids is 1. The molecule has 156 valence electrons. The van der Waals surface area contributed by atoms with Crippen molar-refractivity contribution in [3.8, 4) is 0 Å². The number of carbonyl (C=O) groups is 1. The van der Waals surface area contributed by atoms with E-state index in [0.717, 1.165) is 24.2 Å². The SMILES string of the molecule is COC(=O)c1ccc(CN(CC(c2ccccc2)N2CCOCC2)S(=O)O)cc1. The van der Waals surface area contributed by atoms with Crippen LogP contribution >= 0.6 is 0 Å². The van der Waals surface area contributed by atoms with Gasteiger partial charge < -0.3 is 9.47 Å². The summed E-state index contributed by atoms with van der Waals surface area (Å²) in [6.07, 6.45) is 0. The summed E-state index contributed by atoms with van der Waals surface area (Å²) in [7, 11) is 1.34. The van der Waals surface area contributed by atoms with Crippen LogP contribution in [0.3, 0.4) is 0 Å². The van der Waals surface area contributed by atoms with E-state index in [1.807, 2.05) is 30.3 Å². The van der Waals surface area contributed by atoms with Crippen molar-refractivity contribution in [3.63, 3.8) is 0 Å². The quantitative estimate of drug-likeness (QED) is 0.524. The maximum Gasteiger partial charge on any atom is 0.337 e. The van der Waals surface area contributed by atoms with Crippen LogP contribution in [-0.2, 0) is 27.3 Å². The van der Waals surface area contributed by atoms with Gasteiger partial charge in [-0.3, -0.25) is 9.45 Å². The van der Waals surface area contributed by atoms with E-state index in [9.17, 15) is 13.6 Å². The van der Waals surface area contributed by atoms with Crippen molar-refractivity contribution in [2.75, 3.05) is 40.0 Å². The van der Waals surface area contributed by atoms with Crippen LogP contribution in [0, 0.1) is 0 Å². The van der Waals surface area contributed by atoms with Crippen LogP contribution in [0.5, 0.6) is 0 Å². The normalized spacial score (nSPS) is 17.1. The van der Waals surface area contributed by atoms with Crippen molar-refractivity contribution in [1.29, 1.82) is 0 Å². The van der Waals surface area contributed by atoms with Crippen molar-refractivity contribution < 1.29 is 23.0 Å². The summed E-state index contributed by atoms with van der Waals surface area (Å²) < 4.78 is 33.7. The Labute approximate surface area is 173 Å². The molecular formula is C21H26N2O5S. The number of ether oxygens (including phenoxy) is 2. The Hall–Kier alpha value is -2.10. The van der Waals surface area contributed by atoms with Gasteiger partial charge in [0.05, 0.1) is 25.9 Å². The monoisotopic (exact) mass is 418 g/mol. The van der Waals surface area contributed by atoms with E-state index in [4.69, 9.17) is 9.47 Å². The van der Waals surface area contributed by atoms with Crippen LogP contribution in [0.15, 0.2) is 54.6 Å². The molecule has 8 heteroatoms. The van der Waals surface area contributed by atoms with Gasteiger partial charge in [-0.25, -0.2) is 9.00 Å². The molecule has 1 aliphatic heterocycles. The van der Waals surface area contributed by atoms with Crippen LogP contribution in [0.1, 0.15) is 27.5 Å². The highest BCUT2D eigenvalue weighted by Gasteiger charge is 2.27. The fourth-order valence-electron chi connectivity index (χ4n) is 3.44. The molecule has 0 radical (unpaired) electrons. The fraction of sp³-hybridized carbons (Fsp3) is 0.381. The predicted molar refractivity (Wildman–Crippen MR) is 111 cm³/mol. The predicted octanol–water partition coefficient (Wildman–Crippen LogP) is 2.49. The number of benzene rings is 2. The van der Waals surface area contributed by atoms with Crippen LogP contribution in [0.4, 0.5) is 0 Å². The number of hydrogen-bond donors (Lipinski definition) is 1. The summed E-state index contributed by atoms with van der Waals surface area (Å²) in [5.74, 6) is -0.407. The molecule has 2 atom stereocenters. The van der Waals surface area contributed by atoms with Gasteiger partial charge in [-0.15, -0.1) is 0 Å². The van der Waals surface area contributed by atoms with Gasteiger partial charge in [0, 0.05) is 32.2 Å². The molecule has 1 fully saturated rings. The second kappa shape index (κ2) is 10.6. The van der Waals surface area contributed by atoms with E-state index in [1.165, 1.54) is 11.4 Å². The van der Waals surface area contributed by atoms with Crippen molar-refractivity contribution in [3.05, 3.63) is 71.3 Å². The summed E-state index contributed by atoms with van der Waals surface area (Å²) in [5, 5.41) is 0. The Morgan fingerprint density at radius 3 is 2.41 bits per heavy atom. The summed E-state index contributed by atoms with van der Waals surface area (Å²) in [4.78, 5) is 13.9. The summed E-state index contributed by atoms with van der Waals surface area (Å²) in [5.41, 5.74) is 2.39. The average molecular weight is 419 g/mol. The molecule has 0 saturated carbocycles. The minimum atomic E-state index is -2.13. The zero-order chi connectivity index (χ0) is 20.6. The van der Waals surface area contributed by atoms with Crippen LogP contribution in [0.2, 0.25) is 0 Å². The smallest absolute Gasteiger partial charge is 0.337 e. The molecule has 0 bridgehead atoms. The number of morpholine rings is 1. The van der Waals surface area contributed by atoms with Gasteiger partial charge in [0.2, 0.25) is 11.3 Å².